The molecular formula is C22H21ClN6O3. The molecule has 32 heavy (non-hydrogen) atoms. The van der Waals surface area contributed by atoms with Crippen LogP contribution in [0.3, 0.4) is 0 Å². The lowest BCUT2D eigenvalue weighted by Crippen LogP contribution is -2.47. The lowest BCUT2D eigenvalue weighted by atomic mass is 9.95. The van der Waals surface area contributed by atoms with Crippen LogP contribution in [0.4, 0.5) is 4.79 Å². The molecule has 1 aliphatic rings. The summed E-state index contributed by atoms with van der Waals surface area (Å²) in [5, 5.41) is 18.6. The van der Waals surface area contributed by atoms with Gasteiger partial charge in [-0.1, -0.05) is 53.6 Å². The SMILES string of the molecule is CCOC(=O)C1=C(Cn2nnc(-c3ccc(C)cc3)n2)NC(=O)NC1c1ccc(Cl)cc1. The van der Waals surface area contributed by atoms with E-state index in [1.54, 1.807) is 31.2 Å². The van der Waals surface area contributed by atoms with E-state index in [0.717, 1.165) is 11.1 Å². The van der Waals surface area contributed by atoms with E-state index < -0.39 is 18.0 Å². The van der Waals surface area contributed by atoms with E-state index in [0.29, 0.717) is 22.1 Å². The molecule has 164 valence electrons. The number of nitrogens with one attached hydrogen (secondary N) is 2. The predicted molar refractivity (Wildman–Crippen MR) is 118 cm³/mol. The quantitative estimate of drug-likeness (QED) is 0.556. The van der Waals surface area contributed by atoms with Gasteiger partial charge in [-0.3, -0.25) is 0 Å². The summed E-state index contributed by atoms with van der Waals surface area (Å²) in [6, 6.07) is 13.5. The molecule has 1 atom stereocenters. The van der Waals surface area contributed by atoms with E-state index >= 15 is 0 Å². The number of allylic oxidation sites excluding steroid dienone is 1. The van der Waals surface area contributed by atoms with Gasteiger partial charge >= 0.3 is 12.0 Å². The van der Waals surface area contributed by atoms with Gasteiger partial charge in [-0.25, -0.2) is 9.59 Å². The summed E-state index contributed by atoms with van der Waals surface area (Å²) in [5.74, 6) is -0.105. The van der Waals surface area contributed by atoms with Gasteiger partial charge in [-0.05, 0) is 36.8 Å². The number of rotatable bonds is 6. The number of esters is 1. The van der Waals surface area contributed by atoms with Crippen LogP contribution < -0.4 is 10.6 Å². The van der Waals surface area contributed by atoms with Gasteiger partial charge < -0.3 is 15.4 Å². The monoisotopic (exact) mass is 452 g/mol. The van der Waals surface area contributed by atoms with Crippen molar-refractivity contribution < 1.29 is 14.3 Å². The van der Waals surface area contributed by atoms with Crippen molar-refractivity contribution in [2.45, 2.75) is 26.4 Å². The molecule has 1 aliphatic heterocycles. The molecule has 2 N–H and O–H groups in total. The van der Waals surface area contributed by atoms with Crippen LogP contribution in [0.1, 0.15) is 24.1 Å². The highest BCUT2D eigenvalue weighted by Gasteiger charge is 2.34. The number of nitrogens with zero attached hydrogens (tertiary/aromatic N) is 4. The molecule has 9 nitrogen and oxygen atoms in total. The Bertz CT molecular complexity index is 1170. The van der Waals surface area contributed by atoms with E-state index in [1.165, 1.54) is 4.80 Å². The van der Waals surface area contributed by atoms with Crippen molar-refractivity contribution in [2.75, 3.05) is 6.61 Å². The fraction of sp³-hybridized carbons (Fsp3) is 0.227. The molecule has 0 radical (unpaired) electrons. The van der Waals surface area contributed by atoms with Gasteiger partial charge in [-0.2, -0.15) is 4.80 Å². The van der Waals surface area contributed by atoms with Crippen molar-refractivity contribution in [1.82, 2.24) is 30.8 Å². The average molecular weight is 453 g/mol. The number of hydrogen-bond acceptors (Lipinski definition) is 6. The number of aromatic nitrogens is 4. The molecule has 0 saturated heterocycles. The molecule has 3 aromatic rings. The van der Waals surface area contributed by atoms with Crippen molar-refractivity contribution in [2.24, 2.45) is 0 Å². The van der Waals surface area contributed by atoms with Crippen LogP contribution in [-0.4, -0.2) is 38.8 Å². The smallest absolute Gasteiger partial charge is 0.338 e. The number of ether oxygens (including phenoxy) is 1. The van der Waals surface area contributed by atoms with Gasteiger partial charge in [0.2, 0.25) is 5.82 Å². The number of tetrazole rings is 1. The molecule has 0 fully saturated rings. The Hall–Kier alpha value is -3.72. The Balaban J connectivity index is 1.70. The van der Waals surface area contributed by atoms with E-state index in [9.17, 15) is 9.59 Å². The first kappa shape index (κ1) is 21.5. The minimum atomic E-state index is -0.713. The Morgan fingerprint density at radius 2 is 1.88 bits per heavy atom. The summed E-state index contributed by atoms with van der Waals surface area (Å²) in [6.45, 7) is 3.94. The molecule has 0 aliphatic carbocycles. The maximum absolute atomic E-state index is 12.9. The highest BCUT2D eigenvalue weighted by Crippen LogP contribution is 2.29. The molecule has 0 saturated carbocycles. The normalized spacial score (nSPS) is 15.8. The zero-order chi connectivity index (χ0) is 22.7. The second kappa shape index (κ2) is 9.19. The highest BCUT2D eigenvalue weighted by molar-refractivity contribution is 6.30. The van der Waals surface area contributed by atoms with Gasteiger partial charge in [0.1, 0.15) is 6.54 Å². The number of benzene rings is 2. The number of carbonyl (C=O) groups is 2. The number of urea groups is 1. The number of carbonyl (C=O) groups excluding carboxylic acids is 2. The van der Waals surface area contributed by atoms with Crippen LogP contribution in [0.25, 0.3) is 11.4 Å². The Morgan fingerprint density at radius 3 is 2.56 bits per heavy atom. The number of hydrogen-bond donors (Lipinski definition) is 2. The number of halogens is 1. The van der Waals surface area contributed by atoms with Gasteiger partial charge in [0.15, 0.2) is 0 Å². The molecular weight excluding hydrogens is 432 g/mol. The van der Waals surface area contributed by atoms with Crippen LogP contribution in [0.5, 0.6) is 0 Å². The summed E-state index contributed by atoms with van der Waals surface area (Å²) in [7, 11) is 0. The summed E-state index contributed by atoms with van der Waals surface area (Å²) in [6.07, 6.45) is 0. The average Bonchev–Trinajstić information content (AvgIpc) is 3.23. The van der Waals surface area contributed by atoms with Crippen molar-refractivity contribution >= 4 is 23.6 Å². The summed E-state index contributed by atoms with van der Waals surface area (Å²) < 4.78 is 5.27. The third-order valence-corrected chi connectivity index (χ3v) is 5.17. The largest absolute Gasteiger partial charge is 0.463 e. The second-order valence-corrected chi connectivity index (χ2v) is 7.64. The van der Waals surface area contributed by atoms with Crippen molar-refractivity contribution in [3.8, 4) is 11.4 Å². The fourth-order valence-electron chi connectivity index (χ4n) is 3.37. The fourth-order valence-corrected chi connectivity index (χ4v) is 3.49. The van der Waals surface area contributed by atoms with E-state index in [-0.39, 0.29) is 18.7 Å². The summed E-state index contributed by atoms with van der Waals surface area (Å²) in [5.41, 5.74) is 3.23. The summed E-state index contributed by atoms with van der Waals surface area (Å²) >= 11 is 6.00. The first-order valence-electron chi connectivity index (χ1n) is 10.0. The van der Waals surface area contributed by atoms with Crippen LogP contribution >= 0.6 is 11.6 Å². The zero-order valence-corrected chi connectivity index (χ0v) is 18.3. The Labute approximate surface area is 189 Å². The molecule has 2 amide bonds. The molecule has 4 rings (SSSR count). The zero-order valence-electron chi connectivity index (χ0n) is 17.5. The van der Waals surface area contributed by atoms with E-state index in [1.807, 2.05) is 31.2 Å². The van der Waals surface area contributed by atoms with Crippen molar-refractivity contribution in [1.29, 1.82) is 0 Å². The molecule has 1 aromatic heterocycles. The molecule has 2 heterocycles. The van der Waals surface area contributed by atoms with Crippen molar-refractivity contribution in [3.05, 3.63) is 76.0 Å². The maximum atomic E-state index is 12.9. The second-order valence-electron chi connectivity index (χ2n) is 7.21. The number of amides is 2. The van der Waals surface area contributed by atoms with Crippen LogP contribution in [-0.2, 0) is 16.1 Å². The number of aryl methyl sites for hydroxylation is 1. The Morgan fingerprint density at radius 1 is 1.16 bits per heavy atom. The van der Waals surface area contributed by atoms with E-state index in [4.69, 9.17) is 16.3 Å². The van der Waals surface area contributed by atoms with Crippen molar-refractivity contribution in [3.63, 3.8) is 0 Å². The lowest BCUT2D eigenvalue weighted by molar-refractivity contribution is -0.139. The molecule has 0 spiro atoms. The van der Waals surface area contributed by atoms with E-state index in [2.05, 4.69) is 26.0 Å². The molecule has 2 aromatic carbocycles. The van der Waals surface area contributed by atoms with Crippen LogP contribution in [0, 0.1) is 6.92 Å². The van der Waals surface area contributed by atoms with Gasteiger partial charge in [0.25, 0.3) is 0 Å². The summed E-state index contributed by atoms with van der Waals surface area (Å²) in [4.78, 5) is 26.6. The first-order valence-corrected chi connectivity index (χ1v) is 10.4. The van der Waals surface area contributed by atoms with Crippen LogP contribution in [0.15, 0.2) is 59.8 Å². The lowest BCUT2D eigenvalue weighted by Gasteiger charge is -2.29. The highest BCUT2D eigenvalue weighted by atomic mass is 35.5. The Kier molecular flexibility index (Phi) is 6.18. The maximum Gasteiger partial charge on any atom is 0.338 e. The standard InChI is InChI=1S/C22H21ClN6O3/c1-3-32-21(30)18-17(24-22(31)25-19(18)14-8-10-16(23)11-9-14)12-29-27-20(26-28-29)15-6-4-13(2)5-7-15/h4-11,19H,3,12H2,1-2H3,(H2,24,25,31). The van der Waals surface area contributed by atoms with Gasteiger partial charge in [-0.15, -0.1) is 10.2 Å². The predicted octanol–water partition coefficient (Wildman–Crippen LogP) is 3.17. The minimum Gasteiger partial charge on any atom is -0.463 e. The third-order valence-electron chi connectivity index (χ3n) is 4.91. The molecule has 10 heteroatoms. The van der Waals surface area contributed by atoms with Gasteiger partial charge in [0, 0.05) is 10.6 Å². The topological polar surface area (TPSA) is 111 Å². The van der Waals surface area contributed by atoms with Crippen LogP contribution in [0.2, 0.25) is 5.02 Å². The first-order chi connectivity index (χ1) is 15.4. The minimum absolute atomic E-state index is 0.0323. The van der Waals surface area contributed by atoms with Gasteiger partial charge in [0.05, 0.1) is 23.9 Å². The molecule has 0 bridgehead atoms. The third kappa shape index (κ3) is 4.62. The molecule has 1 unspecified atom stereocenters.